The number of carbonyl (C=O) groups excluding carboxylic acids is 2. The molecule has 2 heterocycles. The summed E-state index contributed by atoms with van der Waals surface area (Å²) in [5.41, 5.74) is 0.274. The third kappa shape index (κ3) is 3.80. The lowest BCUT2D eigenvalue weighted by Gasteiger charge is -2.25. The molecule has 4 unspecified atom stereocenters. The van der Waals surface area contributed by atoms with E-state index in [1.807, 2.05) is 0 Å². The van der Waals surface area contributed by atoms with Gasteiger partial charge in [0, 0.05) is 5.57 Å². The number of thiol groups is 1. The normalized spacial score (nSPS) is 30.4. The molecule has 2 aliphatic rings. The maximum Gasteiger partial charge on any atom is 0.325 e. The molecule has 0 saturated carbocycles. The van der Waals surface area contributed by atoms with Gasteiger partial charge in [-0.1, -0.05) is 6.58 Å². The predicted octanol–water partition coefficient (Wildman–Crippen LogP) is -0.937. The summed E-state index contributed by atoms with van der Waals surface area (Å²) in [6, 6.07) is 0. The van der Waals surface area contributed by atoms with Gasteiger partial charge in [-0.15, -0.1) is 0 Å². The Labute approximate surface area is 123 Å². The Kier molecular flexibility index (Phi) is 4.96. The van der Waals surface area contributed by atoms with Crippen molar-refractivity contribution in [3.63, 3.8) is 0 Å². The number of hydrogen-bond donors (Lipinski definition) is 2. The molecule has 2 saturated heterocycles. The van der Waals surface area contributed by atoms with Gasteiger partial charge in [0.05, 0.1) is 12.2 Å². The molecule has 0 aromatic rings. The van der Waals surface area contributed by atoms with E-state index in [0.29, 0.717) is 12.8 Å². The van der Waals surface area contributed by atoms with Crippen molar-refractivity contribution in [2.75, 3.05) is 6.54 Å². The number of nitrogens with one attached hydrogen (secondary N) is 1. The Morgan fingerprint density at radius 3 is 2.48 bits per heavy atom. The zero-order valence-electron chi connectivity index (χ0n) is 11.4. The molecular weight excluding hydrogens is 302 g/mol. The van der Waals surface area contributed by atoms with Crippen LogP contribution in [0, 0.1) is 0 Å². The fraction of sp³-hybridized carbons (Fsp3) is 0.667. The van der Waals surface area contributed by atoms with Gasteiger partial charge in [-0.05, 0) is 19.8 Å². The van der Waals surface area contributed by atoms with Crippen LogP contribution in [0.4, 0.5) is 0 Å². The molecule has 1 amide bonds. The Hall–Kier alpha value is -1.45. The van der Waals surface area contributed by atoms with Gasteiger partial charge in [0.25, 0.3) is 11.0 Å². The van der Waals surface area contributed by atoms with E-state index in [-0.39, 0.29) is 24.3 Å². The van der Waals surface area contributed by atoms with Crippen LogP contribution in [0.25, 0.3) is 0 Å². The van der Waals surface area contributed by atoms with Gasteiger partial charge in [-0.3, -0.25) is 13.8 Å². The minimum absolute atomic E-state index is 0.274. The molecule has 2 fully saturated rings. The first-order valence-corrected chi connectivity index (χ1v) is 7.58. The molecule has 2 bridgehead atoms. The second kappa shape index (κ2) is 6.54. The lowest BCUT2D eigenvalue weighted by Crippen LogP contribution is -2.44. The predicted molar refractivity (Wildman–Crippen MR) is 70.8 cm³/mol. The second-order valence-corrected chi connectivity index (χ2v) is 5.66. The lowest BCUT2D eigenvalue weighted by atomic mass is 9.95. The van der Waals surface area contributed by atoms with Gasteiger partial charge >= 0.3 is 5.97 Å². The SMILES string of the molecule is C=C(C)C(=O)NCC(=O)OC1C2CCC(O2)C1O[SH](=O)=O. The quantitative estimate of drug-likeness (QED) is 0.370. The molecule has 118 valence electrons. The third-order valence-electron chi connectivity index (χ3n) is 3.40. The minimum atomic E-state index is -3.05. The topological polar surface area (TPSA) is 108 Å². The van der Waals surface area contributed by atoms with Crippen molar-refractivity contribution < 1.29 is 31.7 Å². The van der Waals surface area contributed by atoms with Crippen molar-refractivity contribution in [1.82, 2.24) is 5.32 Å². The highest BCUT2D eigenvalue weighted by molar-refractivity contribution is 7.67. The second-order valence-electron chi connectivity index (χ2n) is 5.00. The van der Waals surface area contributed by atoms with Crippen LogP contribution in [0.15, 0.2) is 12.2 Å². The van der Waals surface area contributed by atoms with Crippen molar-refractivity contribution >= 4 is 22.9 Å². The number of carbonyl (C=O) groups is 2. The highest BCUT2D eigenvalue weighted by atomic mass is 32.2. The van der Waals surface area contributed by atoms with E-state index < -0.39 is 35.1 Å². The van der Waals surface area contributed by atoms with Crippen LogP contribution in [0.3, 0.4) is 0 Å². The summed E-state index contributed by atoms with van der Waals surface area (Å²) in [7, 11) is -3.05. The first-order valence-electron chi connectivity index (χ1n) is 6.48. The Morgan fingerprint density at radius 1 is 1.29 bits per heavy atom. The first kappa shape index (κ1) is 15.9. The van der Waals surface area contributed by atoms with E-state index in [1.165, 1.54) is 6.92 Å². The largest absolute Gasteiger partial charge is 0.455 e. The van der Waals surface area contributed by atoms with Gasteiger partial charge in [0.15, 0.2) is 6.10 Å². The number of amides is 1. The average Bonchev–Trinajstić information content (AvgIpc) is 2.98. The molecule has 0 spiro atoms. The van der Waals surface area contributed by atoms with E-state index in [2.05, 4.69) is 11.9 Å². The number of fused-ring (bicyclic) bond motifs is 2. The summed E-state index contributed by atoms with van der Waals surface area (Å²) in [6.07, 6.45) is -0.993. The van der Waals surface area contributed by atoms with Crippen LogP contribution in [-0.2, 0) is 34.2 Å². The third-order valence-corrected chi connectivity index (χ3v) is 3.81. The van der Waals surface area contributed by atoms with Crippen LogP contribution in [0.1, 0.15) is 19.8 Å². The summed E-state index contributed by atoms with van der Waals surface area (Å²) < 4.78 is 36.9. The van der Waals surface area contributed by atoms with Gasteiger partial charge < -0.3 is 14.8 Å². The molecule has 9 heteroatoms. The monoisotopic (exact) mass is 319 g/mol. The fourth-order valence-electron chi connectivity index (χ4n) is 2.46. The van der Waals surface area contributed by atoms with E-state index >= 15 is 0 Å². The minimum Gasteiger partial charge on any atom is -0.455 e. The number of hydrogen-bond acceptors (Lipinski definition) is 7. The summed E-state index contributed by atoms with van der Waals surface area (Å²) in [4.78, 5) is 23.0. The van der Waals surface area contributed by atoms with Crippen molar-refractivity contribution in [2.24, 2.45) is 0 Å². The fourth-order valence-corrected chi connectivity index (χ4v) is 2.92. The summed E-state index contributed by atoms with van der Waals surface area (Å²) in [5, 5.41) is 2.34. The smallest absolute Gasteiger partial charge is 0.325 e. The highest BCUT2D eigenvalue weighted by Gasteiger charge is 2.52. The summed E-state index contributed by atoms with van der Waals surface area (Å²) >= 11 is 0. The number of ether oxygens (including phenoxy) is 2. The van der Waals surface area contributed by atoms with Crippen molar-refractivity contribution in [3.05, 3.63) is 12.2 Å². The molecular formula is C12H17NO7S. The van der Waals surface area contributed by atoms with Crippen LogP contribution < -0.4 is 5.32 Å². The zero-order chi connectivity index (χ0) is 15.6. The molecule has 8 nitrogen and oxygen atoms in total. The first-order chi connectivity index (χ1) is 9.88. The van der Waals surface area contributed by atoms with Gasteiger partial charge in [-0.25, -0.2) is 8.42 Å². The molecule has 2 aliphatic heterocycles. The molecule has 2 rings (SSSR count). The van der Waals surface area contributed by atoms with Crippen molar-refractivity contribution in [1.29, 1.82) is 0 Å². The van der Waals surface area contributed by atoms with Gasteiger partial charge in [-0.2, -0.15) is 0 Å². The average molecular weight is 319 g/mol. The molecule has 4 atom stereocenters. The maximum absolute atomic E-state index is 11.7. The van der Waals surface area contributed by atoms with Crippen molar-refractivity contribution in [2.45, 2.75) is 44.2 Å². The number of esters is 1. The molecule has 1 N–H and O–H groups in total. The molecule has 0 aromatic heterocycles. The standard InChI is InChI=1S/C12H17NO7S/c1-6(2)12(15)13-5-9(14)19-10-7-3-4-8(18-7)11(10)20-21(16)17/h7-8,10-11,21H,1,3-5H2,2H3,(H,13,15). The summed E-state index contributed by atoms with van der Waals surface area (Å²) in [5.74, 6) is -1.13. The Bertz CT molecular complexity index is 522. The van der Waals surface area contributed by atoms with Gasteiger partial charge in [0.2, 0.25) is 5.91 Å². The van der Waals surface area contributed by atoms with Crippen molar-refractivity contribution in [3.8, 4) is 0 Å². The number of rotatable bonds is 6. The molecule has 0 radical (unpaired) electrons. The lowest BCUT2D eigenvalue weighted by molar-refractivity contribution is -0.154. The maximum atomic E-state index is 11.7. The Morgan fingerprint density at radius 2 is 1.90 bits per heavy atom. The van der Waals surface area contributed by atoms with Crippen LogP contribution in [0.2, 0.25) is 0 Å². The van der Waals surface area contributed by atoms with E-state index in [0.717, 1.165) is 0 Å². The van der Waals surface area contributed by atoms with E-state index in [9.17, 15) is 18.0 Å². The van der Waals surface area contributed by atoms with Crippen LogP contribution in [0.5, 0.6) is 0 Å². The van der Waals surface area contributed by atoms with Crippen LogP contribution >= 0.6 is 0 Å². The van der Waals surface area contributed by atoms with E-state index in [1.54, 1.807) is 0 Å². The highest BCUT2D eigenvalue weighted by Crippen LogP contribution is 2.38. The van der Waals surface area contributed by atoms with Gasteiger partial charge in [0.1, 0.15) is 12.6 Å². The molecule has 21 heavy (non-hydrogen) atoms. The Balaban J connectivity index is 1.89. The molecule has 0 aromatic carbocycles. The molecule has 0 aliphatic carbocycles. The summed E-state index contributed by atoms with van der Waals surface area (Å²) in [6.45, 7) is 4.63. The van der Waals surface area contributed by atoms with E-state index in [4.69, 9.17) is 13.7 Å². The zero-order valence-corrected chi connectivity index (χ0v) is 12.3. The van der Waals surface area contributed by atoms with Crippen LogP contribution in [-0.4, -0.2) is 51.3 Å².